The number of hydrogen-bond acceptors (Lipinski definition) is 0. The molecule has 52 valence electrons. The Morgan fingerprint density at radius 1 is 0.889 bits per heavy atom. The molecule has 2 unspecified atom stereocenters. The van der Waals surface area contributed by atoms with Gasteiger partial charge in [0.15, 0.2) is 0 Å². The summed E-state index contributed by atoms with van der Waals surface area (Å²) in [6.45, 7) is 2.42. The summed E-state index contributed by atoms with van der Waals surface area (Å²) in [5.41, 5.74) is 0. The van der Waals surface area contributed by atoms with Gasteiger partial charge >= 0.3 is 0 Å². The van der Waals surface area contributed by atoms with Gasteiger partial charge < -0.3 is 0 Å². The highest BCUT2D eigenvalue weighted by atomic mass is 14.4. The van der Waals surface area contributed by atoms with E-state index in [0.717, 1.165) is 17.8 Å². The lowest BCUT2D eigenvalue weighted by atomic mass is 9.82. The highest BCUT2D eigenvalue weighted by molar-refractivity contribution is 4.83. The van der Waals surface area contributed by atoms with Crippen molar-refractivity contribution >= 4 is 0 Å². The predicted molar refractivity (Wildman–Crippen MR) is 39.2 cm³/mol. The molecule has 0 aromatic rings. The summed E-state index contributed by atoms with van der Waals surface area (Å²) in [4.78, 5) is 0. The van der Waals surface area contributed by atoms with E-state index < -0.39 is 0 Å². The predicted octanol–water partition coefficient (Wildman–Crippen LogP) is 2.83. The van der Waals surface area contributed by atoms with Crippen LogP contribution in [0.4, 0.5) is 0 Å². The lowest BCUT2D eigenvalue weighted by Crippen LogP contribution is -2.12. The first-order valence-corrected chi connectivity index (χ1v) is 4.34. The standard InChI is InChI=1S/C9H16/c1-7-4-8-2-3-9(5-7)6-8/h7-9H,2-6H2,1H3/t7?,8-,9?/m0/s1. The van der Waals surface area contributed by atoms with Gasteiger partial charge in [0, 0.05) is 0 Å². The minimum Gasteiger partial charge on any atom is -0.0625 e. The zero-order valence-corrected chi connectivity index (χ0v) is 6.27. The van der Waals surface area contributed by atoms with Crippen molar-refractivity contribution in [2.24, 2.45) is 17.8 Å². The lowest BCUT2D eigenvalue weighted by molar-refractivity contribution is 0.278. The van der Waals surface area contributed by atoms with Gasteiger partial charge in [-0.25, -0.2) is 0 Å². The van der Waals surface area contributed by atoms with Crippen molar-refractivity contribution in [2.75, 3.05) is 0 Å². The van der Waals surface area contributed by atoms with E-state index in [1.165, 1.54) is 12.8 Å². The molecular formula is C9H16. The Labute approximate surface area is 57.6 Å². The minimum absolute atomic E-state index is 1.05. The van der Waals surface area contributed by atoms with Crippen LogP contribution in [-0.4, -0.2) is 0 Å². The first-order chi connectivity index (χ1) is 4.34. The van der Waals surface area contributed by atoms with E-state index in [0.29, 0.717) is 0 Å². The molecule has 0 heterocycles. The first kappa shape index (κ1) is 5.76. The molecule has 2 saturated carbocycles. The summed E-state index contributed by atoms with van der Waals surface area (Å²) < 4.78 is 0. The second-order valence-electron chi connectivity index (χ2n) is 4.12. The van der Waals surface area contributed by atoms with Gasteiger partial charge in [-0.1, -0.05) is 19.8 Å². The summed E-state index contributed by atoms with van der Waals surface area (Å²) in [6, 6.07) is 0. The van der Waals surface area contributed by atoms with Crippen LogP contribution in [0, 0.1) is 17.8 Å². The summed E-state index contributed by atoms with van der Waals surface area (Å²) in [7, 11) is 0. The lowest BCUT2D eigenvalue weighted by Gasteiger charge is -2.23. The van der Waals surface area contributed by atoms with Crippen LogP contribution in [0.2, 0.25) is 0 Å². The van der Waals surface area contributed by atoms with E-state index >= 15 is 0 Å². The molecule has 0 spiro atoms. The third kappa shape index (κ3) is 0.997. The van der Waals surface area contributed by atoms with Crippen molar-refractivity contribution in [3.8, 4) is 0 Å². The van der Waals surface area contributed by atoms with Crippen LogP contribution in [0.5, 0.6) is 0 Å². The van der Waals surface area contributed by atoms with Gasteiger partial charge in [0.2, 0.25) is 0 Å². The summed E-state index contributed by atoms with van der Waals surface area (Å²) in [6.07, 6.45) is 7.75. The minimum atomic E-state index is 1.05. The van der Waals surface area contributed by atoms with Crippen LogP contribution in [-0.2, 0) is 0 Å². The molecule has 0 N–H and O–H groups in total. The molecule has 0 amide bonds. The molecule has 0 nitrogen and oxygen atoms in total. The quantitative estimate of drug-likeness (QED) is 0.466. The number of hydrogen-bond donors (Lipinski definition) is 0. The smallest absolute Gasteiger partial charge is 0.0409 e. The fraction of sp³-hybridized carbons (Fsp3) is 1.00. The highest BCUT2D eigenvalue weighted by Crippen LogP contribution is 2.44. The van der Waals surface area contributed by atoms with Gasteiger partial charge in [-0.2, -0.15) is 0 Å². The maximum absolute atomic E-state index is 2.42. The van der Waals surface area contributed by atoms with E-state index in [1.54, 1.807) is 19.3 Å². The van der Waals surface area contributed by atoms with Gasteiger partial charge in [-0.15, -0.1) is 0 Å². The van der Waals surface area contributed by atoms with Gasteiger partial charge in [0.1, 0.15) is 0 Å². The zero-order chi connectivity index (χ0) is 6.27. The monoisotopic (exact) mass is 124 g/mol. The van der Waals surface area contributed by atoms with E-state index in [4.69, 9.17) is 0 Å². The van der Waals surface area contributed by atoms with E-state index in [9.17, 15) is 0 Å². The molecule has 2 aliphatic rings. The fourth-order valence-electron chi connectivity index (χ4n) is 2.84. The SMILES string of the molecule is CC1CC2CC[C@@H](C1)C2. The normalized spacial score (nSPS) is 49.7. The Morgan fingerprint density at radius 2 is 1.44 bits per heavy atom. The maximum atomic E-state index is 2.42. The van der Waals surface area contributed by atoms with Crippen LogP contribution in [0.3, 0.4) is 0 Å². The zero-order valence-electron chi connectivity index (χ0n) is 6.27. The molecule has 0 aromatic heterocycles. The topological polar surface area (TPSA) is 0 Å². The summed E-state index contributed by atoms with van der Waals surface area (Å²) in [5, 5.41) is 0. The van der Waals surface area contributed by atoms with Crippen molar-refractivity contribution in [3.05, 3.63) is 0 Å². The van der Waals surface area contributed by atoms with Crippen molar-refractivity contribution in [2.45, 2.75) is 39.0 Å². The van der Waals surface area contributed by atoms with Crippen LogP contribution in [0.1, 0.15) is 39.0 Å². The molecule has 2 aliphatic carbocycles. The van der Waals surface area contributed by atoms with Gasteiger partial charge in [0.25, 0.3) is 0 Å². The third-order valence-electron chi connectivity index (χ3n) is 3.12. The molecule has 0 aromatic carbocycles. The molecule has 0 saturated heterocycles. The average Bonchev–Trinajstić information content (AvgIpc) is 2.11. The molecule has 3 atom stereocenters. The van der Waals surface area contributed by atoms with Gasteiger partial charge in [-0.3, -0.25) is 0 Å². The largest absolute Gasteiger partial charge is 0.0625 e. The fourth-order valence-corrected chi connectivity index (χ4v) is 2.84. The van der Waals surface area contributed by atoms with Crippen LogP contribution < -0.4 is 0 Å². The van der Waals surface area contributed by atoms with Gasteiger partial charge in [0.05, 0.1) is 0 Å². The van der Waals surface area contributed by atoms with Crippen molar-refractivity contribution < 1.29 is 0 Å². The highest BCUT2D eigenvalue weighted by Gasteiger charge is 2.31. The Bertz CT molecular complexity index is 94.6. The number of rotatable bonds is 0. The average molecular weight is 124 g/mol. The van der Waals surface area contributed by atoms with E-state index in [-0.39, 0.29) is 0 Å². The molecule has 2 bridgehead atoms. The molecule has 0 heteroatoms. The van der Waals surface area contributed by atoms with Crippen LogP contribution >= 0.6 is 0 Å². The second kappa shape index (κ2) is 2.00. The molecular weight excluding hydrogens is 108 g/mol. The Morgan fingerprint density at radius 3 is 2.00 bits per heavy atom. The van der Waals surface area contributed by atoms with Crippen molar-refractivity contribution in [1.82, 2.24) is 0 Å². The molecule has 0 radical (unpaired) electrons. The first-order valence-electron chi connectivity index (χ1n) is 4.34. The summed E-state index contributed by atoms with van der Waals surface area (Å²) in [5.74, 6) is 3.33. The molecule has 2 rings (SSSR count). The van der Waals surface area contributed by atoms with Gasteiger partial charge in [-0.05, 0) is 37.0 Å². The van der Waals surface area contributed by atoms with Crippen molar-refractivity contribution in [1.29, 1.82) is 0 Å². The van der Waals surface area contributed by atoms with E-state index in [1.807, 2.05) is 0 Å². The number of fused-ring (bicyclic) bond motifs is 2. The third-order valence-corrected chi connectivity index (χ3v) is 3.12. The molecule has 2 fully saturated rings. The second-order valence-corrected chi connectivity index (χ2v) is 4.12. The molecule has 9 heavy (non-hydrogen) atoms. The Balaban J connectivity index is 2.03. The van der Waals surface area contributed by atoms with E-state index in [2.05, 4.69) is 6.92 Å². The van der Waals surface area contributed by atoms with Crippen molar-refractivity contribution in [3.63, 3.8) is 0 Å². The Kier molecular flexibility index (Phi) is 1.28. The van der Waals surface area contributed by atoms with Crippen LogP contribution in [0.25, 0.3) is 0 Å². The molecule has 0 aliphatic heterocycles. The summed E-state index contributed by atoms with van der Waals surface area (Å²) >= 11 is 0. The maximum Gasteiger partial charge on any atom is -0.0409 e. The Hall–Kier alpha value is 0. The van der Waals surface area contributed by atoms with Crippen LogP contribution in [0.15, 0.2) is 0 Å².